The molecular weight excluding hydrogens is 180 g/mol. The highest BCUT2D eigenvalue weighted by molar-refractivity contribution is 5.78. The molecule has 0 aliphatic carbocycles. The molecule has 0 heterocycles. The Morgan fingerprint density at radius 3 is 2.29 bits per heavy atom. The van der Waals surface area contributed by atoms with Crippen molar-refractivity contribution in [3.05, 3.63) is 0 Å². The average Bonchev–Trinajstić information content (AvgIpc) is 2.10. The highest BCUT2D eigenvalue weighted by Crippen LogP contribution is 1.98. The maximum Gasteiger partial charge on any atom is 0.234 e. The summed E-state index contributed by atoms with van der Waals surface area (Å²) in [4.78, 5) is 11.2. The van der Waals surface area contributed by atoms with Crippen LogP contribution in [0.15, 0.2) is 0 Å². The third-order valence-corrected chi connectivity index (χ3v) is 1.95. The van der Waals surface area contributed by atoms with E-state index in [0.717, 1.165) is 0 Å². The lowest BCUT2D eigenvalue weighted by atomic mass is 10.1. The first-order chi connectivity index (χ1) is 6.43. The molecule has 0 aromatic heterocycles. The number of hydrogen-bond acceptors (Lipinski definition) is 3. The zero-order valence-electron chi connectivity index (χ0n) is 9.50. The minimum atomic E-state index is -0.460. The van der Waals surface area contributed by atoms with Crippen LogP contribution in [0.2, 0.25) is 0 Å². The van der Waals surface area contributed by atoms with Crippen LogP contribution in [-0.2, 0) is 4.79 Å². The fraction of sp³-hybridized carbons (Fsp3) is 0.900. The third-order valence-electron chi connectivity index (χ3n) is 1.95. The van der Waals surface area contributed by atoms with Crippen LogP contribution in [0.25, 0.3) is 0 Å². The Balaban J connectivity index is 3.54. The Morgan fingerprint density at radius 2 is 1.86 bits per heavy atom. The summed E-state index contributed by atoms with van der Waals surface area (Å²) >= 11 is 0. The molecule has 0 radical (unpaired) electrons. The molecule has 4 heteroatoms. The van der Waals surface area contributed by atoms with E-state index < -0.39 is 6.10 Å². The van der Waals surface area contributed by atoms with Crippen LogP contribution < -0.4 is 10.6 Å². The second kappa shape index (κ2) is 6.79. The third kappa shape index (κ3) is 6.86. The number of rotatable bonds is 6. The lowest BCUT2D eigenvalue weighted by molar-refractivity contribution is -0.120. The van der Waals surface area contributed by atoms with E-state index in [4.69, 9.17) is 0 Å². The van der Waals surface area contributed by atoms with Crippen LogP contribution in [-0.4, -0.2) is 36.2 Å². The highest BCUT2D eigenvalue weighted by atomic mass is 16.3. The number of aliphatic hydroxyl groups is 1. The summed E-state index contributed by atoms with van der Waals surface area (Å²) in [6.07, 6.45) is -0.460. The molecule has 84 valence electrons. The van der Waals surface area contributed by atoms with Crippen LogP contribution in [0, 0.1) is 5.92 Å². The number of carbonyl (C=O) groups excluding carboxylic acids is 1. The van der Waals surface area contributed by atoms with Crippen molar-refractivity contribution in [2.45, 2.75) is 39.8 Å². The monoisotopic (exact) mass is 202 g/mol. The molecule has 1 unspecified atom stereocenters. The summed E-state index contributed by atoms with van der Waals surface area (Å²) in [6.45, 7) is 8.44. The van der Waals surface area contributed by atoms with Gasteiger partial charge in [-0.1, -0.05) is 27.7 Å². The summed E-state index contributed by atoms with van der Waals surface area (Å²) in [7, 11) is 0. The van der Waals surface area contributed by atoms with E-state index in [1.807, 2.05) is 27.7 Å². The molecule has 0 saturated heterocycles. The Hall–Kier alpha value is -0.610. The summed E-state index contributed by atoms with van der Waals surface area (Å²) in [5.41, 5.74) is 0. The van der Waals surface area contributed by atoms with Crippen LogP contribution in [0.3, 0.4) is 0 Å². The van der Waals surface area contributed by atoms with Gasteiger partial charge in [0.2, 0.25) is 5.91 Å². The topological polar surface area (TPSA) is 61.4 Å². The van der Waals surface area contributed by atoms with Crippen molar-refractivity contribution in [3.8, 4) is 0 Å². The van der Waals surface area contributed by atoms with Gasteiger partial charge in [0, 0.05) is 12.6 Å². The highest BCUT2D eigenvalue weighted by Gasteiger charge is 2.10. The van der Waals surface area contributed by atoms with Gasteiger partial charge in [0.05, 0.1) is 12.6 Å². The van der Waals surface area contributed by atoms with Gasteiger partial charge in [-0.2, -0.15) is 0 Å². The molecule has 0 aromatic carbocycles. The fourth-order valence-electron chi connectivity index (χ4n) is 0.813. The molecule has 0 spiro atoms. The van der Waals surface area contributed by atoms with E-state index >= 15 is 0 Å². The standard InChI is InChI=1S/C10H22N2O2/c1-7(2)9(13)5-12-10(14)6-11-8(3)4/h7-9,11,13H,5-6H2,1-4H3,(H,12,14). The molecule has 0 aliphatic heterocycles. The Labute approximate surface area is 86.1 Å². The Kier molecular flexibility index (Phi) is 6.49. The van der Waals surface area contributed by atoms with Crippen LogP contribution >= 0.6 is 0 Å². The van der Waals surface area contributed by atoms with Gasteiger partial charge in [-0.3, -0.25) is 4.79 Å². The molecular formula is C10H22N2O2. The van der Waals surface area contributed by atoms with E-state index in [-0.39, 0.29) is 11.8 Å². The van der Waals surface area contributed by atoms with Gasteiger partial charge < -0.3 is 15.7 Å². The minimum Gasteiger partial charge on any atom is -0.391 e. The zero-order chi connectivity index (χ0) is 11.1. The second-order valence-corrected chi connectivity index (χ2v) is 4.15. The molecule has 14 heavy (non-hydrogen) atoms. The Bertz CT molecular complexity index is 170. The quantitative estimate of drug-likeness (QED) is 0.573. The molecule has 0 saturated carbocycles. The molecule has 0 bridgehead atoms. The number of carbonyl (C=O) groups is 1. The van der Waals surface area contributed by atoms with Crippen molar-refractivity contribution in [2.24, 2.45) is 5.92 Å². The first-order valence-electron chi connectivity index (χ1n) is 5.11. The van der Waals surface area contributed by atoms with Crippen LogP contribution in [0.4, 0.5) is 0 Å². The molecule has 0 aliphatic rings. The zero-order valence-corrected chi connectivity index (χ0v) is 9.50. The van der Waals surface area contributed by atoms with Gasteiger partial charge in [0.15, 0.2) is 0 Å². The van der Waals surface area contributed by atoms with E-state index in [1.54, 1.807) is 0 Å². The van der Waals surface area contributed by atoms with Crippen LogP contribution in [0.5, 0.6) is 0 Å². The number of aliphatic hydroxyl groups excluding tert-OH is 1. The summed E-state index contributed by atoms with van der Waals surface area (Å²) < 4.78 is 0. The summed E-state index contributed by atoms with van der Waals surface area (Å²) in [5, 5.41) is 15.1. The predicted molar refractivity (Wildman–Crippen MR) is 57.0 cm³/mol. The first-order valence-corrected chi connectivity index (χ1v) is 5.11. The molecule has 3 N–H and O–H groups in total. The Morgan fingerprint density at radius 1 is 1.29 bits per heavy atom. The van der Waals surface area contributed by atoms with Crippen molar-refractivity contribution in [1.29, 1.82) is 0 Å². The van der Waals surface area contributed by atoms with Crippen molar-refractivity contribution >= 4 is 5.91 Å². The maximum atomic E-state index is 11.2. The number of nitrogens with one attached hydrogen (secondary N) is 2. The van der Waals surface area contributed by atoms with Gasteiger partial charge in [-0.05, 0) is 5.92 Å². The van der Waals surface area contributed by atoms with Gasteiger partial charge in [0.25, 0.3) is 0 Å². The normalized spacial score (nSPS) is 13.4. The van der Waals surface area contributed by atoms with Gasteiger partial charge in [-0.15, -0.1) is 0 Å². The second-order valence-electron chi connectivity index (χ2n) is 4.15. The predicted octanol–water partition coefficient (Wildman–Crippen LogP) is 0.118. The summed E-state index contributed by atoms with van der Waals surface area (Å²) in [5.74, 6) is 0.103. The summed E-state index contributed by atoms with van der Waals surface area (Å²) in [6, 6.07) is 0.302. The largest absolute Gasteiger partial charge is 0.391 e. The fourth-order valence-corrected chi connectivity index (χ4v) is 0.813. The van der Waals surface area contributed by atoms with Crippen molar-refractivity contribution in [3.63, 3.8) is 0 Å². The van der Waals surface area contributed by atoms with Crippen molar-refractivity contribution in [1.82, 2.24) is 10.6 Å². The molecule has 4 nitrogen and oxygen atoms in total. The van der Waals surface area contributed by atoms with E-state index in [2.05, 4.69) is 10.6 Å². The van der Waals surface area contributed by atoms with Crippen molar-refractivity contribution < 1.29 is 9.90 Å². The van der Waals surface area contributed by atoms with Gasteiger partial charge in [0.1, 0.15) is 0 Å². The molecule has 0 fully saturated rings. The number of amides is 1. The minimum absolute atomic E-state index is 0.0709. The van der Waals surface area contributed by atoms with E-state index in [1.165, 1.54) is 0 Å². The first kappa shape index (κ1) is 13.4. The molecule has 1 amide bonds. The number of hydrogen-bond donors (Lipinski definition) is 3. The van der Waals surface area contributed by atoms with Gasteiger partial charge in [-0.25, -0.2) is 0 Å². The van der Waals surface area contributed by atoms with Crippen LogP contribution in [0.1, 0.15) is 27.7 Å². The molecule has 1 atom stereocenters. The van der Waals surface area contributed by atoms with E-state index in [0.29, 0.717) is 19.1 Å². The smallest absolute Gasteiger partial charge is 0.234 e. The lowest BCUT2D eigenvalue weighted by Gasteiger charge is -2.15. The van der Waals surface area contributed by atoms with E-state index in [9.17, 15) is 9.90 Å². The lowest BCUT2D eigenvalue weighted by Crippen LogP contribution is -2.41. The maximum absolute atomic E-state index is 11.2. The average molecular weight is 202 g/mol. The van der Waals surface area contributed by atoms with Crippen molar-refractivity contribution in [2.75, 3.05) is 13.1 Å². The molecule has 0 aromatic rings. The SMILES string of the molecule is CC(C)NCC(=O)NCC(O)C(C)C. The molecule has 0 rings (SSSR count). The van der Waals surface area contributed by atoms with Gasteiger partial charge >= 0.3 is 0 Å².